The van der Waals surface area contributed by atoms with Crippen molar-refractivity contribution in [1.82, 2.24) is 15.3 Å². The molecule has 1 rings (SSSR count). The highest BCUT2D eigenvalue weighted by Crippen LogP contribution is 2.03. The molecule has 0 aliphatic heterocycles. The second kappa shape index (κ2) is 9.15. The van der Waals surface area contributed by atoms with E-state index in [1.54, 1.807) is 6.20 Å². The van der Waals surface area contributed by atoms with Crippen molar-refractivity contribution in [2.24, 2.45) is 0 Å². The molecule has 0 fully saturated rings. The van der Waals surface area contributed by atoms with Gasteiger partial charge in [0.1, 0.15) is 5.82 Å². The molecule has 2 N–H and O–H groups in total. The second-order valence-corrected chi connectivity index (χ2v) is 3.70. The zero-order valence-corrected chi connectivity index (χ0v) is 10.7. The maximum absolute atomic E-state index is 5.47. The van der Waals surface area contributed by atoms with Gasteiger partial charge in [-0.15, -0.1) is 0 Å². The third-order valence-corrected chi connectivity index (χ3v) is 2.35. The molecule has 5 heteroatoms. The van der Waals surface area contributed by atoms with E-state index < -0.39 is 0 Å². The van der Waals surface area contributed by atoms with Crippen molar-refractivity contribution in [2.75, 3.05) is 19.8 Å². The second-order valence-electron chi connectivity index (χ2n) is 3.70. The zero-order chi connectivity index (χ0) is 12.3. The lowest BCUT2D eigenvalue weighted by atomic mass is 10.3. The highest BCUT2D eigenvalue weighted by Gasteiger charge is 2.06. The zero-order valence-electron chi connectivity index (χ0n) is 10.7. The van der Waals surface area contributed by atoms with Gasteiger partial charge in [0.25, 0.3) is 0 Å². The van der Waals surface area contributed by atoms with E-state index in [1.807, 2.05) is 20.0 Å². The standard InChI is InChI=1S/C12H23N3O2/c1-3-16-12(17-4-2)6-5-7-13-10-11-14-8-9-15-11/h8-9,12-13H,3-7,10H2,1-2H3,(H,14,15). The van der Waals surface area contributed by atoms with Gasteiger partial charge < -0.3 is 19.8 Å². The summed E-state index contributed by atoms with van der Waals surface area (Å²) < 4.78 is 10.9. The maximum Gasteiger partial charge on any atom is 0.157 e. The fraction of sp³-hybridized carbons (Fsp3) is 0.750. The maximum atomic E-state index is 5.47. The van der Waals surface area contributed by atoms with Gasteiger partial charge in [0.2, 0.25) is 0 Å². The number of ether oxygens (including phenoxy) is 2. The molecule has 0 radical (unpaired) electrons. The van der Waals surface area contributed by atoms with Crippen LogP contribution in [0.3, 0.4) is 0 Å². The van der Waals surface area contributed by atoms with Crippen molar-refractivity contribution in [1.29, 1.82) is 0 Å². The molecule has 0 atom stereocenters. The van der Waals surface area contributed by atoms with E-state index in [1.165, 1.54) is 0 Å². The summed E-state index contributed by atoms with van der Waals surface area (Å²) in [4.78, 5) is 7.19. The minimum atomic E-state index is -0.0598. The molecule has 98 valence electrons. The quantitative estimate of drug-likeness (QED) is 0.483. The Morgan fingerprint density at radius 3 is 2.71 bits per heavy atom. The van der Waals surface area contributed by atoms with E-state index in [-0.39, 0.29) is 6.29 Å². The SMILES string of the molecule is CCOC(CCCNCc1ncc[nH]1)OCC. The first kappa shape index (κ1) is 14.2. The summed E-state index contributed by atoms with van der Waals surface area (Å²) >= 11 is 0. The van der Waals surface area contributed by atoms with Gasteiger partial charge in [-0.1, -0.05) is 0 Å². The Morgan fingerprint density at radius 1 is 1.35 bits per heavy atom. The molecule has 0 aromatic carbocycles. The number of aromatic nitrogens is 2. The minimum absolute atomic E-state index is 0.0598. The van der Waals surface area contributed by atoms with Gasteiger partial charge in [-0.25, -0.2) is 4.98 Å². The lowest BCUT2D eigenvalue weighted by Gasteiger charge is -2.16. The van der Waals surface area contributed by atoms with Gasteiger partial charge in [-0.05, 0) is 33.2 Å². The Kier molecular flexibility index (Phi) is 7.62. The van der Waals surface area contributed by atoms with Crippen LogP contribution in [-0.4, -0.2) is 36.0 Å². The largest absolute Gasteiger partial charge is 0.353 e. The predicted octanol–water partition coefficient (Wildman–Crippen LogP) is 1.68. The van der Waals surface area contributed by atoms with Crippen LogP contribution >= 0.6 is 0 Å². The Balaban J connectivity index is 2.01. The molecule has 0 unspecified atom stereocenters. The number of nitrogens with zero attached hydrogens (tertiary/aromatic N) is 1. The van der Waals surface area contributed by atoms with Crippen molar-refractivity contribution in [3.63, 3.8) is 0 Å². The third kappa shape index (κ3) is 6.41. The van der Waals surface area contributed by atoms with Gasteiger partial charge in [-0.3, -0.25) is 0 Å². The van der Waals surface area contributed by atoms with Gasteiger partial charge in [0, 0.05) is 25.6 Å². The van der Waals surface area contributed by atoms with Crippen LogP contribution in [0.5, 0.6) is 0 Å². The van der Waals surface area contributed by atoms with Crippen molar-refractivity contribution >= 4 is 0 Å². The molecule has 0 aliphatic rings. The molecule has 0 aliphatic carbocycles. The average Bonchev–Trinajstić information content (AvgIpc) is 2.82. The van der Waals surface area contributed by atoms with Crippen LogP contribution in [-0.2, 0) is 16.0 Å². The molecular weight excluding hydrogens is 218 g/mol. The monoisotopic (exact) mass is 241 g/mol. The van der Waals surface area contributed by atoms with E-state index in [0.29, 0.717) is 13.2 Å². The molecule has 17 heavy (non-hydrogen) atoms. The van der Waals surface area contributed by atoms with E-state index in [9.17, 15) is 0 Å². The van der Waals surface area contributed by atoms with Gasteiger partial charge in [0.05, 0.1) is 6.54 Å². The smallest absolute Gasteiger partial charge is 0.157 e. The van der Waals surface area contributed by atoms with Crippen LogP contribution in [0.25, 0.3) is 0 Å². The summed E-state index contributed by atoms with van der Waals surface area (Å²) in [6, 6.07) is 0. The molecule has 0 saturated heterocycles. The number of rotatable bonds is 10. The Labute approximate surface area is 103 Å². The van der Waals surface area contributed by atoms with Gasteiger partial charge >= 0.3 is 0 Å². The lowest BCUT2D eigenvalue weighted by Crippen LogP contribution is -2.21. The predicted molar refractivity (Wildman–Crippen MR) is 66.6 cm³/mol. The average molecular weight is 241 g/mol. The normalized spacial score (nSPS) is 11.2. The summed E-state index contributed by atoms with van der Waals surface area (Å²) in [5.74, 6) is 0.969. The van der Waals surface area contributed by atoms with Crippen LogP contribution in [0, 0.1) is 0 Å². The van der Waals surface area contributed by atoms with E-state index >= 15 is 0 Å². The fourth-order valence-corrected chi connectivity index (χ4v) is 1.58. The number of H-pyrrole nitrogens is 1. The van der Waals surface area contributed by atoms with Crippen molar-refractivity contribution in [2.45, 2.75) is 39.5 Å². The van der Waals surface area contributed by atoms with Crippen LogP contribution in [0.4, 0.5) is 0 Å². The summed E-state index contributed by atoms with van der Waals surface area (Å²) in [6.07, 6.45) is 5.49. The summed E-state index contributed by atoms with van der Waals surface area (Å²) in [5, 5.41) is 3.32. The minimum Gasteiger partial charge on any atom is -0.353 e. The summed E-state index contributed by atoms with van der Waals surface area (Å²) in [6.45, 7) is 7.09. The Morgan fingerprint density at radius 2 is 2.12 bits per heavy atom. The van der Waals surface area contributed by atoms with Crippen LogP contribution < -0.4 is 5.32 Å². The van der Waals surface area contributed by atoms with Crippen LogP contribution in [0.15, 0.2) is 12.4 Å². The highest BCUT2D eigenvalue weighted by molar-refractivity contribution is 4.85. The third-order valence-electron chi connectivity index (χ3n) is 2.35. The molecule has 0 bridgehead atoms. The fourth-order valence-electron chi connectivity index (χ4n) is 1.58. The number of hydrogen-bond acceptors (Lipinski definition) is 4. The van der Waals surface area contributed by atoms with E-state index in [4.69, 9.17) is 9.47 Å². The Bertz CT molecular complexity index is 259. The van der Waals surface area contributed by atoms with Crippen molar-refractivity contribution in [3.05, 3.63) is 18.2 Å². The first-order chi connectivity index (χ1) is 8.36. The van der Waals surface area contributed by atoms with E-state index in [2.05, 4.69) is 15.3 Å². The Hall–Kier alpha value is -0.910. The number of aromatic amines is 1. The van der Waals surface area contributed by atoms with Crippen molar-refractivity contribution in [3.8, 4) is 0 Å². The number of hydrogen-bond donors (Lipinski definition) is 2. The topological polar surface area (TPSA) is 59.2 Å². The number of nitrogens with one attached hydrogen (secondary N) is 2. The summed E-state index contributed by atoms with van der Waals surface area (Å²) in [5.41, 5.74) is 0. The van der Waals surface area contributed by atoms with Crippen molar-refractivity contribution < 1.29 is 9.47 Å². The van der Waals surface area contributed by atoms with Crippen LogP contribution in [0.1, 0.15) is 32.5 Å². The van der Waals surface area contributed by atoms with Gasteiger partial charge in [0.15, 0.2) is 6.29 Å². The lowest BCUT2D eigenvalue weighted by molar-refractivity contribution is -0.139. The molecule has 0 saturated carbocycles. The summed E-state index contributed by atoms with van der Waals surface area (Å²) in [7, 11) is 0. The van der Waals surface area contributed by atoms with E-state index in [0.717, 1.165) is 31.8 Å². The van der Waals surface area contributed by atoms with Crippen LogP contribution in [0.2, 0.25) is 0 Å². The molecule has 1 aromatic rings. The van der Waals surface area contributed by atoms with Gasteiger partial charge in [-0.2, -0.15) is 0 Å². The molecule has 5 nitrogen and oxygen atoms in total. The molecule has 1 aromatic heterocycles. The molecule has 0 spiro atoms. The first-order valence-corrected chi connectivity index (χ1v) is 6.29. The molecule has 1 heterocycles. The first-order valence-electron chi connectivity index (χ1n) is 6.29. The highest BCUT2D eigenvalue weighted by atomic mass is 16.7. The molecule has 0 amide bonds. The number of imidazole rings is 1. The molecular formula is C12H23N3O2.